The second kappa shape index (κ2) is 5.84. The van der Waals surface area contributed by atoms with Crippen molar-refractivity contribution in [2.75, 3.05) is 6.54 Å². The molecule has 0 amide bonds. The van der Waals surface area contributed by atoms with E-state index in [4.69, 9.17) is 4.84 Å². The minimum Gasteiger partial charge on any atom is -0.299 e. The molecule has 0 bridgehead atoms. The maximum absolute atomic E-state index is 13.0. The van der Waals surface area contributed by atoms with Crippen LogP contribution >= 0.6 is 0 Å². The van der Waals surface area contributed by atoms with Crippen LogP contribution in [0.15, 0.2) is 12.1 Å². The molecular formula is C19H25NO3. The largest absolute Gasteiger partial charge is 0.299 e. The van der Waals surface area contributed by atoms with Gasteiger partial charge in [0, 0.05) is 24.9 Å². The van der Waals surface area contributed by atoms with Crippen molar-refractivity contribution in [3.63, 3.8) is 0 Å². The van der Waals surface area contributed by atoms with E-state index in [1.165, 1.54) is 0 Å². The van der Waals surface area contributed by atoms with Crippen LogP contribution in [-0.2, 0) is 14.4 Å². The number of hydrogen-bond donors (Lipinski definition) is 0. The minimum absolute atomic E-state index is 0.0164. The Morgan fingerprint density at radius 2 is 1.78 bits per heavy atom. The fraction of sp³-hybridized carbons (Fsp3) is 0.579. The first-order valence-corrected chi connectivity index (χ1v) is 8.42. The lowest BCUT2D eigenvalue weighted by molar-refractivity contribution is -0.172. The molecule has 4 nitrogen and oxygen atoms in total. The van der Waals surface area contributed by atoms with E-state index in [0.717, 1.165) is 28.8 Å². The average Bonchev–Trinajstić information content (AvgIpc) is 2.78. The Kier molecular flexibility index (Phi) is 4.15. The minimum atomic E-state index is -0.666. The highest BCUT2D eigenvalue weighted by atomic mass is 16.7. The average molecular weight is 315 g/mol. The van der Waals surface area contributed by atoms with Gasteiger partial charge >= 0.3 is 0 Å². The molecule has 1 aromatic rings. The number of ketones is 2. The van der Waals surface area contributed by atoms with Gasteiger partial charge in [-0.2, -0.15) is 5.06 Å². The maximum Gasteiger partial charge on any atom is 0.178 e. The van der Waals surface area contributed by atoms with Crippen molar-refractivity contribution in [3.05, 3.63) is 34.4 Å². The van der Waals surface area contributed by atoms with E-state index >= 15 is 0 Å². The molecule has 1 aliphatic heterocycles. The number of aryl methyl sites for hydroxylation is 3. The summed E-state index contributed by atoms with van der Waals surface area (Å²) in [5.41, 5.74) is 4.08. The SMILES string of the molecule is CCN1OC2C(=O)C(c3c(C)cc(C)cc3C)C(=O)CC2C1C. The summed E-state index contributed by atoms with van der Waals surface area (Å²) < 4.78 is 0. The molecule has 2 fully saturated rings. The fourth-order valence-corrected chi connectivity index (χ4v) is 4.31. The zero-order valence-electron chi connectivity index (χ0n) is 14.6. The summed E-state index contributed by atoms with van der Waals surface area (Å²) in [6.07, 6.45) is -0.0568. The third-order valence-electron chi connectivity index (χ3n) is 5.37. The fourth-order valence-electron chi connectivity index (χ4n) is 4.31. The molecule has 0 aromatic heterocycles. The Labute approximate surface area is 137 Å². The molecule has 1 aromatic carbocycles. The Bertz CT molecular complexity index is 644. The molecule has 2 aliphatic rings. The van der Waals surface area contributed by atoms with Crippen LogP contribution in [0.3, 0.4) is 0 Å². The van der Waals surface area contributed by atoms with E-state index in [1.54, 1.807) is 0 Å². The molecule has 1 heterocycles. The van der Waals surface area contributed by atoms with Crippen molar-refractivity contribution >= 4 is 11.6 Å². The third kappa shape index (κ3) is 2.54. The first-order valence-electron chi connectivity index (χ1n) is 8.42. The van der Waals surface area contributed by atoms with Crippen LogP contribution in [-0.4, -0.2) is 35.3 Å². The number of carbonyl (C=O) groups excluding carboxylic acids is 2. The summed E-state index contributed by atoms with van der Waals surface area (Å²) in [6, 6.07) is 4.20. The summed E-state index contributed by atoms with van der Waals surface area (Å²) in [4.78, 5) is 31.7. The number of nitrogens with zero attached hydrogens (tertiary/aromatic N) is 1. The van der Waals surface area contributed by atoms with Crippen LogP contribution in [0.4, 0.5) is 0 Å². The summed E-state index contributed by atoms with van der Waals surface area (Å²) in [5.74, 6) is -0.707. The second-order valence-electron chi connectivity index (χ2n) is 6.98. The number of hydroxylamine groups is 2. The summed E-state index contributed by atoms with van der Waals surface area (Å²) in [7, 11) is 0. The first kappa shape index (κ1) is 16.3. The molecular weight excluding hydrogens is 290 g/mol. The van der Waals surface area contributed by atoms with Gasteiger partial charge in [0.1, 0.15) is 17.8 Å². The molecule has 4 heteroatoms. The maximum atomic E-state index is 13.0. The van der Waals surface area contributed by atoms with Gasteiger partial charge in [-0.15, -0.1) is 0 Å². The van der Waals surface area contributed by atoms with Crippen molar-refractivity contribution in [2.24, 2.45) is 5.92 Å². The van der Waals surface area contributed by atoms with Crippen LogP contribution in [0.25, 0.3) is 0 Å². The first-order chi connectivity index (χ1) is 10.8. The lowest BCUT2D eigenvalue weighted by Crippen LogP contribution is -2.44. The molecule has 0 N–H and O–H groups in total. The molecule has 23 heavy (non-hydrogen) atoms. The molecule has 4 atom stereocenters. The van der Waals surface area contributed by atoms with Gasteiger partial charge in [0.25, 0.3) is 0 Å². The van der Waals surface area contributed by atoms with Gasteiger partial charge in [0.2, 0.25) is 0 Å². The van der Waals surface area contributed by atoms with Crippen molar-refractivity contribution in [2.45, 2.75) is 59.1 Å². The molecule has 1 aliphatic carbocycles. The van der Waals surface area contributed by atoms with E-state index in [2.05, 4.69) is 0 Å². The lowest BCUT2D eigenvalue weighted by Gasteiger charge is -2.30. The number of hydrogen-bond acceptors (Lipinski definition) is 4. The smallest absolute Gasteiger partial charge is 0.178 e. The molecule has 1 saturated carbocycles. The predicted molar refractivity (Wildman–Crippen MR) is 88.2 cm³/mol. The van der Waals surface area contributed by atoms with E-state index in [-0.39, 0.29) is 23.5 Å². The summed E-state index contributed by atoms with van der Waals surface area (Å²) >= 11 is 0. The zero-order chi connectivity index (χ0) is 16.9. The van der Waals surface area contributed by atoms with Crippen LogP contribution in [0.5, 0.6) is 0 Å². The van der Waals surface area contributed by atoms with E-state index in [1.807, 2.05) is 51.8 Å². The number of Topliss-reactive ketones (excluding diaryl/α,β-unsaturated/α-hetero) is 2. The number of rotatable bonds is 2. The topological polar surface area (TPSA) is 46.6 Å². The van der Waals surface area contributed by atoms with Gasteiger partial charge in [-0.1, -0.05) is 24.6 Å². The lowest BCUT2D eigenvalue weighted by atomic mass is 9.71. The van der Waals surface area contributed by atoms with Crippen LogP contribution < -0.4 is 0 Å². The van der Waals surface area contributed by atoms with Crippen molar-refractivity contribution < 1.29 is 14.4 Å². The van der Waals surface area contributed by atoms with E-state index in [9.17, 15) is 9.59 Å². The molecule has 0 radical (unpaired) electrons. The van der Waals surface area contributed by atoms with E-state index < -0.39 is 12.0 Å². The predicted octanol–water partition coefficient (Wildman–Crippen LogP) is 2.88. The van der Waals surface area contributed by atoms with E-state index in [0.29, 0.717) is 6.42 Å². The summed E-state index contributed by atoms with van der Waals surface area (Å²) in [5, 5.41) is 1.84. The van der Waals surface area contributed by atoms with Gasteiger partial charge < -0.3 is 0 Å². The van der Waals surface area contributed by atoms with Gasteiger partial charge in [0.05, 0.1) is 0 Å². The van der Waals surface area contributed by atoms with Crippen molar-refractivity contribution in [1.82, 2.24) is 5.06 Å². The molecule has 4 unspecified atom stereocenters. The molecule has 3 rings (SSSR count). The van der Waals surface area contributed by atoms with Gasteiger partial charge in [0.15, 0.2) is 5.78 Å². The Morgan fingerprint density at radius 3 is 2.35 bits per heavy atom. The molecule has 0 spiro atoms. The second-order valence-corrected chi connectivity index (χ2v) is 6.98. The standard InChI is InChI=1S/C19H25NO3/c1-6-20-13(5)14-9-15(21)17(18(22)19(14)23-20)16-11(3)7-10(2)8-12(16)4/h7-8,13-14,17,19H,6,9H2,1-5H3. The summed E-state index contributed by atoms with van der Waals surface area (Å²) in [6.45, 7) is 10.8. The normalized spacial score (nSPS) is 31.5. The number of benzene rings is 1. The van der Waals surface area contributed by atoms with Crippen molar-refractivity contribution in [1.29, 1.82) is 0 Å². The van der Waals surface area contributed by atoms with Crippen LogP contribution in [0, 0.1) is 26.7 Å². The quantitative estimate of drug-likeness (QED) is 0.787. The van der Waals surface area contributed by atoms with Crippen LogP contribution in [0.2, 0.25) is 0 Å². The number of carbonyl (C=O) groups is 2. The van der Waals surface area contributed by atoms with Crippen LogP contribution in [0.1, 0.15) is 48.4 Å². The van der Waals surface area contributed by atoms with Gasteiger partial charge in [-0.05, 0) is 44.4 Å². The van der Waals surface area contributed by atoms with Crippen molar-refractivity contribution in [3.8, 4) is 0 Å². The monoisotopic (exact) mass is 315 g/mol. The number of fused-ring (bicyclic) bond motifs is 1. The Balaban J connectivity index is 2.00. The third-order valence-corrected chi connectivity index (χ3v) is 5.37. The highest BCUT2D eigenvalue weighted by Gasteiger charge is 2.52. The van der Waals surface area contributed by atoms with Gasteiger partial charge in [-0.3, -0.25) is 14.4 Å². The zero-order valence-corrected chi connectivity index (χ0v) is 14.6. The highest BCUT2D eigenvalue weighted by molar-refractivity contribution is 6.12. The molecule has 1 saturated heterocycles. The Hall–Kier alpha value is -1.52. The highest BCUT2D eigenvalue weighted by Crippen LogP contribution is 2.41. The molecule has 124 valence electrons. The Morgan fingerprint density at radius 1 is 1.17 bits per heavy atom. The van der Waals surface area contributed by atoms with Gasteiger partial charge in [-0.25, -0.2) is 0 Å².